The number of nitrogens with two attached hydrogens (primary N) is 1. The van der Waals surface area contributed by atoms with Crippen LogP contribution in [0.4, 0.5) is 15.2 Å². The Bertz CT molecular complexity index is 897. The predicted octanol–water partition coefficient (Wildman–Crippen LogP) is 2.40. The highest BCUT2D eigenvalue weighted by Crippen LogP contribution is 2.29. The molecule has 2 atom stereocenters. The van der Waals surface area contributed by atoms with E-state index in [1.54, 1.807) is 0 Å². The molecule has 28 heavy (non-hydrogen) atoms. The van der Waals surface area contributed by atoms with Gasteiger partial charge in [0.2, 0.25) is 5.13 Å². The van der Waals surface area contributed by atoms with Gasteiger partial charge in [-0.05, 0) is 44.4 Å². The van der Waals surface area contributed by atoms with Gasteiger partial charge in [0, 0.05) is 30.2 Å². The number of anilines is 2. The van der Waals surface area contributed by atoms with Crippen molar-refractivity contribution >= 4 is 44.0 Å². The lowest BCUT2D eigenvalue weighted by atomic mass is 9.87. The smallest absolute Gasteiger partial charge is 0.266 e. The summed E-state index contributed by atoms with van der Waals surface area (Å²) in [4.78, 5) is 3.18. The Morgan fingerprint density at radius 3 is 2.71 bits per heavy atom. The number of halogens is 2. The van der Waals surface area contributed by atoms with Gasteiger partial charge in [0.1, 0.15) is 17.0 Å². The van der Waals surface area contributed by atoms with Crippen LogP contribution in [0, 0.1) is 5.82 Å². The number of unbranched alkanes of at least 4 members (excludes halogenated alkanes) is 1. The average Bonchev–Trinajstić information content (AvgIpc) is 3.14. The summed E-state index contributed by atoms with van der Waals surface area (Å²) in [7, 11) is -4.14. The maximum Gasteiger partial charge on any atom is 0.266 e. The number of aromatic nitrogens is 2. The van der Waals surface area contributed by atoms with Crippen molar-refractivity contribution in [1.82, 2.24) is 14.7 Å². The highest BCUT2D eigenvalue weighted by atomic mass is 35.5. The fourth-order valence-electron chi connectivity index (χ4n) is 2.80. The monoisotopic (exact) mass is 448 g/mol. The summed E-state index contributed by atoms with van der Waals surface area (Å²) in [6.45, 7) is 1.46. The van der Waals surface area contributed by atoms with Crippen molar-refractivity contribution in [3.8, 4) is 0 Å². The molecule has 154 valence electrons. The number of nitrogens with zero attached hydrogens (tertiary/aromatic N) is 2. The Labute approximate surface area is 172 Å². The average molecular weight is 449 g/mol. The number of sulfonamides is 1. The lowest BCUT2D eigenvalue weighted by molar-refractivity contribution is 0.285. The van der Waals surface area contributed by atoms with Gasteiger partial charge in [0.25, 0.3) is 10.0 Å². The van der Waals surface area contributed by atoms with Gasteiger partial charge in [-0.2, -0.15) is 4.37 Å². The van der Waals surface area contributed by atoms with Gasteiger partial charge in [0.05, 0.1) is 10.7 Å². The first-order valence-electron chi connectivity index (χ1n) is 8.88. The molecule has 1 unspecified atom stereocenters. The van der Waals surface area contributed by atoms with E-state index in [1.807, 2.05) is 0 Å². The van der Waals surface area contributed by atoms with E-state index in [2.05, 4.69) is 24.7 Å². The molecule has 1 aromatic heterocycles. The minimum absolute atomic E-state index is 0.0502. The van der Waals surface area contributed by atoms with E-state index in [0.29, 0.717) is 18.3 Å². The van der Waals surface area contributed by atoms with Crippen LogP contribution >= 0.6 is 23.1 Å². The maximum atomic E-state index is 14.4. The molecule has 0 radical (unpaired) electrons. The van der Waals surface area contributed by atoms with Crippen molar-refractivity contribution in [2.45, 2.75) is 42.7 Å². The Morgan fingerprint density at radius 1 is 1.29 bits per heavy atom. The van der Waals surface area contributed by atoms with Crippen molar-refractivity contribution in [3.05, 3.63) is 29.3 Å². The van der Waals surface area contributed by atoms with Crippen molar-refractivity contribution in [2.75, 3.05) is 23.1 Å². The highest BCUT2D eigenvalue weighted by molar-refractivity contribution is 7.93. The third-order valence-electron chi connectivity index (χ3n) is 4.55. The fourth-order valence-corrected chi connectivity index (χ4v) is 4.84. The van der Waals surface area contributed by atoms with Crippen LogP contribution in [0.25, 0.3) is 0 Å². The summed E-state index contributed by atoms with van der Waals surface area (Å²) in [6, 6.07) is 2.85. The Kier molecular flexibility index (Phi) is 7.05. The summed E-state index contributed by atoms with van der Waals surface area (Å²) in [5, 5.41) is 6.62. The molecule has 8 nitrogen and oxygen atoms in total. The van der Waals surface area contributed by atoms with Gasteiger partial charge >= 0.3 is 0 Å². The lowest BCUT2D eigenvalue weighted by Crippen LogP contribution is -2.53. The topological polar surface area (TPSA) is 122 Å². The van der Waals surface area contributed by atoms with E-state index >= 15 is 0 Å². The van der Waals surface area contributed by atoms with Crippen LogP contribution in [0.1, 0.15) is 25.7 Å². The SMILES string of the molecule is N[C@H]1CCC1NCCCCNc1cc(F)c(S(=O)(=O)Nc2ncns2)cc1Cl. The zero-order valence-corrected chi connectivity index (χ0v) is 17.4. The van der Waals surface area contributed by atoms with Gasteiger partial charge in [-0.25, -0.2) is 17.8 Å². The zero-order chi connectivity index (χ0) is 20.1. The summed E-state index contributed by atoms with van der Waals surface area (Å²) >= 11 is 6.99. The molecule has 0 spiro atoms. The largest absolute Gasteiger partial charge is 0.384 e. The molecule has 2 aromatic rings. The number of rotatable bonds is 10. The Morgan fingerprint density at radius 2 is 2.07 bits per heavy atom. The molecule has 1 fully saturated rings. The van der Waals surface area contributed by atoms with Crippen molar-refractivity contribution in [3.63, 3.8) is 0 Å². The predicted molar refractivity (Wildman–Crippen MR) is 109 cm³/mol. The van der Waals surface area contributed by atoms with Crippen molar-refractivity contribution in [1.29, 1.82) is 0 Å². The fraction of sp³-hybridized carbons (Fsp3) is 0.500. The quantitative estimate of drug-likeness (QED) is 0.411. The normalized spacial score (nSPS) is 19.2. The van der Waals surface area contributed by atoms with Crippen LogP contribution in [-0.2, 0) is 10.0 Å². The van der Waals surface area contributed by atoms with E-state index in [0.717, 1.165) is 55.9 Å². The first kappa shape index (κ1) is 21.2. The Hall–Kier alpha value is -1.53. The molecular formula is C16H22ClFN6O2S2. The second-order valence-electron chi connectivity index (χ2n) is 6.55. The van der Waals surface area contributed by atoms with Crippen LogP contribution in [0.5, 0.6) is 0 Å². The molecule has 0 aliphatic heterocycles. The summed E-state index contributed by atoms with van der Waals surface area (Å²) in [5.74, 6) is -0.899. The molecule has 1 aliphatic carbocycles. The number of nitrogens with one attached hydrogen (secondary N) is 3. The molecule has 0 amide bonds. The first-order chi connectivity index (χ1) is 13.4. The minimum Gasteiger partial charge on any atom is -0.384 e. The van der Waals surface area contributed by atoms with Gasteiger partial charge in [-0.3, -0.25) is 4.72 Å². The van der Waals surface area contributed by atoms with Crippen LogP contribution in [0.15, 0.2) is 23.4 Å². The molecule has 0 bridgehead atoms. The molecule has 12 heteroatoms. The standard InChI is InChI=1S/C16H22ClFN6O2S2/c17-10-7-15(28(25,26)24-16-22-9-23-27-16)11(18)8-14(10)21-6-2-1-5-20-13-4-3-12(13)19/h7-9,12-13,20-21H,1-6,19H2,(H,22,23,24)/t12-,13?/m0/s1. The third-order valence-corrected chi connectivity index (χ3v) is 6.92. The van der Waals surface area contributed by atoms with Crippen molar-refractivity contribution < 1.29 is 12.8 Å². The van der Waals surface area contributed by atoms with Gasteiger partial charge in [-0.15, -0.1) is 0 Å². The Balaban J connectivity index is 1.51. The van der Waals surface area contributed by atoms with E-state index < -0.39 is 20.7 Å². The summed E-state index contributed by atoms with van der Waals surface area (Å²) in [5.41, 5.74) is 6.22. The zero-order valence-electron chi connectivity index (χ0n) is 15.0. The molecule has 1 aromatic carbocycles. The van der Waals surface area contributed by atoms with E-state index in [4.69, 9.17) is 17.3 Å². The maximum absolute atomic E-state index is 14.4. The van der Waals surface area contributed by atoms with Crippen LogP contribution in [0.2, 0.25) is 5.02 Å². The molecule has 1 heterocycles. The molecule has 1 aliphatic rings. The lowest BCUT2D eigenvalue weighted by Gasteiger charge is -2.34. The minimum atomic E-state index is -4.14. The van der Waals surface area contributed by atoms with Gasteiger partial charge < -0.3 is 16.4 Å². The molecule has 1 saturated carbocycles. The highest BCUT2D eigenvalue weighted by Gasteiger charge is 2.26. The summed E-state index contributed by atoms with van der Waals surface area (Å²) < 4.78 is 44.9. The molecular weight excluding hydrogens is 427 g/mol. The van der Waals surface area contributed by atoms with E-state index in [9.17, 15) is 12.8 Å². The summed E-state index contributed by atoms with van der Waals surface area (Å²) in [6.07, 6.45) is 5.19. The van der Waals surface area contributed by atoms with E-state index in [-0.39, 0.29) is 16.2 Å². The van der Waals surface area contributed by atoms with E-state index in [1.165, 1.54) is 6.33 Å². The van der Waals surface area contributed by atoms with Crippen LogP contribution in [-0.4, -0.2) is 42.9 Å². The first-order valence-corrected chi connectivity index (χ1v) is 11.5. The number of hydrogen-bond acceptors (Lipinski definition) is 8. The second kappa shape index (κ2) is 9.31. The molecule has 5 N–H and O–H groups in total. The van der Waals surface area contributed by atoms with Crippen LogP contribution < -0.4 is 21.1 Å². The van der Waals surface area contributed by atoms with Gasteiger partial charge in [0.15, 0.2) is 0 Å². The van der Waals surface area contributed by atoms with Crippen molar-refractivity contribution in [2.24, 2.45) is 5.73 Å². The molecule has 3 rings (SSSR count). The second-order valence-corrected chi connectivity index (χ2v) is 9.39. The van der Waals surface area contributed by atoms with Gasteiger partial charge in [-0.1, -0.05) is 11.6 Å². The number of hydrogen-bond donors (Lipinski definition) is 4. The number of benzene rings is 1. The third kappa shape index (κ3) is 5.29. The van der Waals surface area contributed by atoms with Crippen LogP contribution in [0.3, 0.4) is 0 Å². The molecule has 0 saturated heterocycles.